The Morgan fingerprint density at radius 2 is 1.96 bits per heavy atom. The van der Waals surface area contributed by atoms with E-state index in [0.29, 0.717) is 26.2 Å². The van der Waals surface area contributed by atoms with Crippen LogP contribution in [0.2, 0.25) is 0 Å². The lowest BCUT2D eigenvalue weighted by Crippen LogP contribution is -2.47. The van der Waals surface area contributed by atoms with Crippen LogP contribution in [0.25, 0.3) is 0 Å². The SMILES string of the molecule is O=C(CN1C[C@@H]2CC[C@H](C1)N(Cc1ccccc1)C2=O)NCc1cccs1. The third kappa shape index (κ3) is 4.39. The molecule has 6 heteroatoms. The Bertz CT molecular complexity index is 778. The molecule has 3 aliphatic heterocycles. The van der Waals surface area contributed by atoms with Gasteiger partial charge >= 0.3 is 0 Å². The Morgan fingerprint density at radius 3 is 2.74 bits per heavy atom. The molecule has 1 aromatic carbocycles. The molecule has 0 spiro atoms. The van der Waals surface area contributed by atoms with E-state index in [9.17, 15) is 9.59 Å². The highest BCUT2D eigenvalue weighted by Crippen LogP contribution is 2.30. The first kappa shape index (κ1) is 18.2. The molecule has 0 saturated carbocycles. The van der Waals surface area contributed by atoms with Crippen molar-refractivity contribution < 1.29 is 9.59 Å². The van der Waals surface area contributed by atoms with E-state index in [4.69, 9.17) is 0 Å². The Morgan fingerprint density at radius 1 is 1.11 bits per heavy atom. The topological polar surface area (TPSA) is 52.7 Å². The van der Waals surface area contributed by atoms with Crippen molar-refractivity contribution in [2.45, 2.75) is 32.0 Å². The Labute approximate surface area is 164 Å². The predicted octanol–water partition coefficient (Wildman–Crippen LogP) is 2.49. The summed E-state index contributed by atoms with van der Waals surface area (Å²) in [6.07, 6.45) is 1.96. The van der Waals surface area contributed by atoms with Gasteiger partial charge in [-0.3, -0.25) is 14.5 Å². The van der Waals surface area contributed by atoms with Crippen molar-refractivity contribution in [2.24, 2.45) is 5.92 Å². The van der Waals surface area contributed by atoms with Crippen molar-refractivity contribution in [1.29, 1.82) is 0 Å². The molecule has 1 N–H and O–H groups in total. The van der Waals surface area contributed by atoms with Crippen molar-refractivity contribution in [2.75, 3.05) is 19.6 Å². The second kappa shape index (κ2) is 8.23. The van der Waals surface area contributed by atoms with E-state index < -0.39 is 0 Å². The van der Waals surface area contributed by atoms with Gasteiger partial charge in [-0.05, 0) is 29.9 Å². The normalized spacial score (nSPS) is 22.7. The number of thiophene rings is 1. The van der Waals surface area contributed by atoms with Crippen LogP contribution in [0, 0.1) is 5.92 Å². The molecular formula is C21H25N3O2S. The van der Waals surface area contributed by atoms with Gasteiger partial charge in [-0.25, -0.2) is 0 Å². The smallest absolute Gasteiger partial charge is 0.234 e. The molecule has 2 bridgehead atoms. The monoisotopic (exact) mass is 383 g/mol. The number of hydrogen-bond acceptors (Lipinski definition) is 4. The Balaban J connectivity index is 1.37. The molecule has 4 heterocycles. The predicted molar refractivity (Wildman–Crippen MR) is 106 cm³/mol. The summed E-state index contributed by atoms with van der Waals surface area (Å²) in [4.78, 5) is 30.6. The lowest BCUT2D eigenvalue weighted by atomic mass is 9.93. The van der Waals surface area contributed by atoms with Crippen LogP contribution < -0.4 is 5.32 Å². The van der Waals surface area contributed by atoms with Crippen molar-refractivity contribution in [3.63, 3.8) is 0 Å². The molecule has 0 aliphatic carbocycles. The lowest BCUT2D eigenvalue weighted by molar-refractivity contribution is -0.140. The summed E-state index contributed by atoms with van der Waals surface area (Å²) in [5, 5.41) is 5.01. The minimum absolute atomic E-state index is 0.0116. The largest absolute Gasteiger partial charge is 0.350 e. The molecule has 0 radical (unpaired) electrons. The minimum atomic E-state index is 0.0116. The van der Waals surface area contributed by atoms with Gasteiger partial charge in [0.1, 0.15) is 0 Å². The molecule has 3 aliphatic rings. The summed E-state index contributed by atoms with van der Waals surface area (Å²) in [7, 11) is 0. The van der Waals surface area contributed by atoms with Crippen LogP contribution in [0.1, 0.15) is 23.3 Å². The van der Waals surface area contributed by atoms with Crippen LogP contribution in [0.3, 0.4) is 0 Å². The van der Waals surface area contributed by atoms with Gasteiger partial charge in [0.15, 0.2) is 0 Å². The lowest BCUT2D eigenvalue weighted by Gasteiger charge is -2.36. The van der Waals surface area contributed by atoms with E-state index >= 15 is 0 Å². The van der Waals surface area contributed by atoms with Gasteiger partial charge in [0.05, 0.1) is 19.0 Å². The fraction of sp³-hybridized carbons (Fsp3) is 0.429. The van der Waals surface area contributed by atoms with Crippen molar-refractivity contribution in [3.05, 3.63) is 58.3 Å². The maximum Gasteiger partial charge on any atom is 0.234 e. The molecule has 3 saturated heterocycles. The summed E-state index contributed by atoms with van der Waals surface area (Å²) < 4.78 is 0. The third-order valence-electron chi connectivity index (χ3n) is 5.47. The van der Waals surface area contributed by atoms with Crippen molar-refractivity contribution >= 4 is 23.2 Å². The number of benzene rings is 1. The molecular weight excluding hydrogens is 358 g/mol. The van der Waals surface area contributed by atoms with Gasteiger partial charge in [-0.15, -0.1) is 11.3 Å². The molecule has 142 valence electrons. The molecule has 0 unspecified atom stereocenters. The Hall–Kier alpha value is -2.18. The summed E-state index contributed by atoms with van der Waals surface area (Å²) in [6, 6.07) is 14.4. The molecule has 2 amide bonds. The maximum absolute atomic E-state index is 12.9. The first-order chi connectivity index (χ1) is 13.2. The van der Waals surface area contributed by atoms with E-state index in [0.717, 1.165) is 24.3 Å². The Kier molecular flexibility index (Phi) is 5.55. The van der Waals surface area contributed by atoms with Crippen molar-refractivity contribution in [3.8, 4) is 0 Å². The molecule has 5 rings (SSSR count). The van der Waals surface area contributed by atoms with Gasteiger partial charge in [0.2, 0.25) is 11.8 Å². The maximum atomic E-state index is 12.9. The second-order valence-electron chi connectivity index (χ2n) is 7.43. The van der Waals surface area contributed by atoms with Crippen LogP contribution in [0.4, 0.5) is 0 Å². The van der Waals surface area contributed by atoms with Gasteiger partial charge in [-0.1, -0.05) is 36.4 Å². The van der Waals surface area contributed by atoms with Crippen LogP contribution in [-0.4, -0.2) is 47.3 Å². The minimum Gasteiger partial charge on any atom is -0.350 e. The molecule has 2 aromatic rings. The summed E-state index contributed by atoms with van der Waals surface area (Å²) in [6.45, 7) is 3.08. The molecule has 2 atom stereocenters. The number of carbonyl (C=O) groups is 2. The van der Waals surface area contributed by atoms with Gasteiger partial charge in [0.25, 0.3) is 0 Å². The average Bonchev–Trinajstić information content (AvgIpc) is 3.07. The zero-order valence-electron chi connectivity index (χ0n) is 15.3. The van der Waals surface area contributed by atoms with Gasteiger partial charge < -0.3 is 10.2 Å². The summed E-state index contributed by atoms with van der Waals surface area (Å²) in [5.41, 5.74) is 1.17. The van der Waals surface area contributed by atoms with E-state index in [2.05, 4.69) is 22.3 Å². The number of rotatable bonds is 6. The first-order valence-corrected chi connectivity index (χ1v) is 10.4. The van der Waals surface area contributed by atoms with Crippen LogP contribution in [-0.2, 0) is 22.7 Å². The first-order valence-electron chi connectivity index (χ1n) is 9.55. The molecule has 1 aromatic heterocycles. The number of carbonyl (C=O) groups excluding carboxylic acids is 2. The van der Waals surface area contributed by atoms with Crippen LogP contribution >= 0.6 is 11.3 Å². The highest BCUT2D eigenvalue weighted by Gasteiger charge is 2.40. The third-order valence-corrected chi connectivity index (χ3v) is 6.35. The van der Waals surface area contributed by atoms with Crippen molar-refractivity contribution in [1.82, 2.24) is 15.1 Å². The van der Waals surface area contributed by atoms with E-state index in [1.807, 2.05) is 40.6 Å². The zero-order valence-corrected chi connectivity index (χ0v) is 16.2. The number of piperidine rings is 1. The summed E-state index contributed by atoms with van der Waals surface area (Å²) >= 11 is 1.65. The number of amides is 2. The second-order valence-corrected chi connectivity index (χ2v) is 8.46. The number of nitrogens with one attached hydrogen (secondary N) is 1. The fourth-order valence-electron chi connectivity index (χ4n) is 4.10. The molecule has 5 nitrogen and oxygen atoms in total. The molecule has 3 fully saturated rings. The number of fused-ring (bicyclic) bond motifs is 4. The van der Waals surface area contributed by atoms with E-state index in [1.54, 1.807) is 11.3 Å². The number of nitrogens with zero attached hydrogens (tertiary/aromatic N) is 2. The highest BCUT2D eigenvalue weighted by atomic mass is 32.1. The van der Waals surface area contributed by atoms with Crippen LogP contribution in [0.15, 0.2) is 47.8 Å². The fourth-order valence-corrected chi connectivity index (χ4v) is 4.75. The zero-order chi connectivity index (χ0) is 18.6. The highest BCUT2D eigenvalue weighted by molar-refractivity contribution is 7.09. The van der Waals surface area contributed by atoms with E-state index in [-0.39, 0.29) is 23.8 Å². The number of hydrogen-bond donors (Lipinski definition) is 1. The molecule has 27 heavy (non-hydrogen) atoms. The van der Waals surface area contributed by atoms with Gasteiger partial charge in [-0.2, -0.15) is 0 Å². The standard InChI is InChI=1S/C21H25N3O2S/c25-20(22-11-19-7-4-10-27-19)15-23-13-17-8-9-18(14-23)24(21(17)26)12-16-5-2-1-3-6-16/h1-7,10,17-18H,8-9,11-15H2,(H,22,25)/t17-,18+/m0/s1. The summed E-state index contributed by atoms with van der Waals surface area (Å²) in [5.74, 6) is 0.293. The quantitative estimate of drug-likeness (QED) is 0.834. The van der Waals surface area contributed by atoms with E-state index in [1.165, 1.54) is 5.56 Å². The van der Waals surface area contributed by atoms with Gasteiger partial charge in [0, 0.05) is 30.6 Å². The average molecular weight is 384 g/mol. The van der Waals surface area contributed by atoms with Crippen LogP contribution in [0.5, 0.6) is 0 Å².